The summed E-state index contributed by atoms with van der Waals surface area (Å²) in [4.78, 5) is 0. The molecule has 2 atom stereocenters. The summed E-state index contributed by atoms with van der Waals surface area (Å²) in [6.45, 7) is 0.361. The maximum Gasteiger partial charge on any atom is 0.264 e. The van der Waals surface area contributed by atoms with Crippen LogP contribution in [-0.2, 0) is 31.9 Å². The van der Waals surface area contributed by atoms with Gasteiger partial charge in [0.15, 0.2) is 0 Å². The number of benzene rings is 1. The Morgan fingerprint density at radius 1 is 1.32 bits per heavy atom. The molecule has 0 bridgehead atoms. The second kappa shape index (κ2) is 7.18. The van der Waals surface area contributed by atoms with Crippen molar-refractivity contribution in [1.29, 1.82) is 0 Å². The lowest BCUT2D eigenvalue weighted by Gasteiger charge is -2.29. The summed E-state index contributed by atoms with van der Waals surface area (Å²) in [6, 6.07) is 4.93. The predicted molar refractivity (Wildman–Crippen MR) is 90.0 cm³/mol. The number of ether oxygens (including phenoxy) is 2. The van der Waals surface area contributed by atoms with Gasteiger partial charge >= 0.3 is 0 Å². The molecule has 0 saturated carbocycles. The van der Waals surface area contributed by atoms with Gasteiger partial charge in [-0.05, 0) is 18.6 Å². The van der Waals surface area contributed by atoms with E-state index in [-0.39, 0.29) is 19.6 Å². The minimum atomic E-state index is -4.08. The van der Waals surface area contributed by atoms with E-state index in [1.54, 1.807) is 22.8 Å². The molecule has 2 aromatic rings. The number of hydrogen-bond donors (Lipinski definition) is 1. The van der Waals surface area contributed by atoms with Crippen molar-refractivity contribution in [1.82, 2.24) is 14.8 Å². The third-order valence-electron chi connectivity index (χ3n) is 3.76. The molecule has 1 aromatic heterocycles. The number of aromatic nitrogens is 3. The highest BCUT2D eigenvalue weighted by atomic mass is 35.5. The molecule has 1 aromatic carbocycles. The molecule has 2 heterocycles. The second-order valence-electron chi connectivity index (χ2n) is 5.64. The Hall–Kier alpha value is -1.23. The Kier molecular flexibility index (Phi) is 5.33. The molecule has 0 amide bonds. The predicted octanol–water partition coefficient (Wildman–Crippen LogP) is 2.13. The van der Waals surface area contributed by atoms with Gasteiger partial charge in [0.1, 0.15) is 12.7 Å². The molecule has 0 radical (unpaired) electrons. The van der Waals surface area contributed by atoms with Crippen molar-refractivity contribution in [3.8, 4) is 0 Å². The third-order valence-corrected chi connectivity index (χ3v) is 5.06. The number of hydrogen-bond acceptors (Lipinski definition) is 6. The average molecular weight is 408 g/mol. The van der Waals surface area contributed by atoms with E-state index >= 15 is 0 Å². The van der Waals surface area contributed by atoms with E-state index in [2.05, 4.69) is 10.2 Å². The van der Waals surface area contributed by atoms with E-state index in [9.17, 15) is 8.42 Å². The summed E-state index contributed by atoms with van der Waals surface area (Å²) in [6.07, 6.45) is 2.58. The van der Waals surface area contributed by atoms with Gasteiger partial charge in [-0.15, -0.1) is 10.2 Å². The summed E-state index contributed by atoms with van der Waals surface area (Å²) in [7, 11) is -4.08. The van der Waals surface area contributed by atoms with E-state index in [0.717, 1.165) is 0 Å². The van der Waals surface area contributed by atoms with Gasteiger partial charge in [-0.1, -0.05) is 29.3 Å². The Morgan fingerprint density at radius 2 is 2.04 bits per heavy atom. The first kappa shape index (κ1) is 18.6. The van der Waals surface area contributed by atoms with E-state index in [1.807, 2.05) is 0 Å². The van der Waals surface area contributed by atoms with Gasteiger partial charge in [0.05, 0.1) is 30.0 Å². The lowest BCUT2D eigenvalue weighted by molar-refractivity contribution is -0.187. The van der Waals surface area contributed by atoms with E-state index < -0.39 is 27.8 Å². The molecule has 0 spiro atoms. The van der Waals surface area contributed by atoms with Crippen LogP contribution in [0.4, 0.5) is 0 Å². The standard InChI is InChI=1S/C14H15Cl2N3O5S/c15-10-1-2-12(13(16)5-10)14(7-19-8-17-18-9-19)23-6-11(24-14)3-4-25(20,21)22/h1-2,5,8-9,11H,3-4,6-7H2,(H,20,21,22). The lowest BCUT2D eigenvalue weighted by atomic mass is 10.1. The second-order valence-corrected chi connectivity index (χ2v) is 8.05. The zero-order chi connectivity index (χ0) is 18.1. The minimum absolute atomic E-state index is 0.0912. The maximum absolute atomic E-state index is 11.0. The summed E-state index contributed by atoms with van der Waals surface area (Å²) >= 11 is 12.3. The summed E-state index contributed by atoms with van der Waals surface area (Å²) in [5.74, 6) is -1.66. The average Bonchev–Trinajstić information content (AvgIpc) is 3.15. The molecular weight excluding hydrogens is 393 g/mol. The Bertz CT molecular complexity index is 846. The topological polar surface area (TPSA) is 104 Å². The van der Waals surface area contributed by atoms with Crippen LogP contribution in [0.2, 0.25) is 10.0 Å². The molecule has 11 heteroatoms. The highest BCUT2D eigenvalue weighted by Gasteiger charge is 2.45. The molecule has 1 aliphatic heterocycles. The molecule has 2 unspecified atom stereocenters. The van der Waals surface area contributed by atoms with Gasteiger partial charge < -0.3 is 14.0 Å². The van der Waals surface area contributed by atoms with Gasteiger partial charge in [0, 0.05) is 10.6 Å². The van der Waals surface area contributed by atoms with E-state index in [1.165, 1.54) is 12.7 Å². The van der Waals surface area contributed by atoms with Crippen LogP contribution < -0.4 is 0 Å². The van der Waals surface area contributed by atoms with Crippen LogP contribution in [0.5, 0.6) is 0 Å². The van der Waals surface area contributed by atoms with Crippen molar-refractivity contribution in [2.24, 2.45) is 0 Å². The zero-order valence-electron chi connectivity index (χ0n) is 12.9. The van der Waals surface area contributed by atoms with Gasteiger partial charge in [0.2, 0.25) is 5.79 Å². The summed E-state index contributed by atoms with van der Waals surface area (Å²) in [5.41, 5.74) is 0.557. The van der Waals surface area contributed by atoms with Crippen LogP contribution in [0.25, 0.3) is 0 Å². The fourth-order valence-electron chi connectivity index (χ4n) is 2.64. The minimum Gasteiger partial charge on any atom is -0.342 e. The molecule has 136 valence electrons. The van der Waals surface area contributed by atoms with Crippen LogP contribution in [0.3, 0.4) is 0 Å². The quantitative estimate of drug-likeness (QED) is 0.731. The summed E-state index contributed by atoms with van der Waals surface area (Å²) < 4.78 is 44.4. The molecule has 0 aliphatic carbocycles. The molecule has 8 nitrogen and oxygen atoms in total. The van der Waals surface area contributed by atoms with Crippen LogP contribution in [-0.4, -0.2) is 46.2 Å². The molecule has 1 fully saturated rings. The van der Waals surface area contributed by atoms with Gasteiger partial charge in [-0.2, -0.15) is 8.42 Å². The molecule has 25 heavy (non-hydrogen) atoms. The maximum atomic E-state index is 11.0. The van der Waals surface area contributed by atoms with Crippen molar-refractivity contribution in [3.05, 3.63) is 46.5 Å². The third kappa shape index (κ3) is 4.49. The SMILES string of the molecule is O=S(=O)(O)CCC1COC(Cn2cnnc2)(c2ccc(Cl)cc2Cl)O1. The monoisotopic (exact) mass is 407 g/mol. The number of nitrogens with zero attached hydrogens (tertiary/aromatic N) is 3. The van der Waals surface area contributed by atoms with Crippen molar-refractivity contribution >= 4 is 33.3 Å². The smallest absolute Gasteiger partial charge is 0.264 e. The van der Waals surface area contributed by atoms with Crippen molar-refractivity contribution in [3.63, 3.8) is 0 Å². The normalized spacial score (nSPS) is 23.9. The van der Waals surface area contributed by atoms with Gasteiger partial charge in [-0.25, -0.2) is 0 Å². The van der Waals surface area contributed by atoms with Crippen molar-refractivity contribution < 1.29 is 22.4 Å². The van der Waals surface area contributed by atoms with E-state index in [0.29, 0.717) is 15.6 Å². The zero-order valence-corrected chi connectivity index (χ0v) is 15.2. The first-order valence-electron chi connectivity index (χ1n) is 7.32. The Balaban J connectivity index is 1.88. The van der Waals surface area contributed by atoms with Gasteiger partial charge in [-0.3, -0.25) is 4.55 Å². The number of halogens is 2. The molecule has 1 saturated heterocycles. The molecule has 1 aliphatic rings. The molecule has 1 N–H and O–H groups in total. The highest BCUT2D eigenvalue weighted by Crippen LogP contribution is 2.41. The number of rotatable bonds is 6. The molecular formula is C14H15Cl2N3O5S. The van der Waals surface area contributed by atoms with Crippen molar-refractivity contribution in [2.75, 3.05) is 12.4 Å². The Morgan fingerprint density at radius 3 is 2.68 bits per heavy atom. The van der Waals surface area contributed by atoms with Crippen molar-refractivity contribution in [2.45, 2.75) is 24.9 Å². The van der Waals surface area contributed by atoms with E-state index in [4.69, 9.17) is 37.2 Å². The Labute approximate surface area is 154 Å². The first-order valence-corrected chi connectivity index (χ1v) is 9.69. The largest absolute Gasteiger partial charge is 0.342 e. The van der Waals surface area contributed by atoms with Gasteiger partial charge in [0.25, 0.3) is 10.1 Å². The summed E-state index contributed by atoms with van der Waals surface area (Å²) in [5, 5.41) is 8.32. The van der Waals surface area contributed by atoms with Crippen LogP contribution >= 0.6 is 23.2 Å². The van der Waals surface area contributed by atoms with Crippen LogP contribution in [0, 0.1) is 0 Å². The van der Waals surface area contributed by atoms with Crippen LogP contribution in [0.1, 0.15) is 12.0 Å². The first-order chi connectivity index (χ1) is 11.8. The fraction of sp³-hybridized carbons (Fsp3) is 0.429. The molecule has 3 rings (SSSR count). The van der Waals surface area contributed by atoms with Crippen LogP contribution in [0.15, 0.2) is 30.9 Å². The fourth-order valence-corrected chi connectivity index (χ4v) is 3.75. The lowest BCUT2D eigenvalue weighted by Crippen LogP contribution is -2.34. The highest BCUT2D eigenvalue weighted by molar-refractivity contribution is 7.85.